The molecule has 1 aromatic rings. The molecular weight excluding hydrogens is 384 g/mol. The molecule has 0 saturated heterocycles. The Bertz CT molecular complexity index is 644. The number of alkyl halides is 1. The highest BCUT2D eigenvalue weighted by molar-refractivity contribution is 6.28. The molecule has 0 aromatic heterocycles. The quantitative estimate of drug-likeness (QED) is 0.271. The molecule has 1 amide bonds. The van der Waals surface area contributed by atoms with Gasteiger partial charge in [0.1, 0.15) is 18.2 Å². The van der Waals surface area contributed by atoms with Gasteiger partial charge in [0.05, 0.1) is 18.2 Å². The van der Waals surface area contributed by atoms with Crippen molar-refractivity contribution in [2.24, 2.45) is 5.16 Å². The molecule has 0 heterocycles. The molecular formula is C20H29ClN2O5. The summed E-state index contributed by atoms with van der Waals surface area (Å²) in [7, 11) is 0. The number of carbonyl (C=O) groups is 2. The van der Waals surface area contributed by atoms with Gasteiger partial charge in [-0.2, -0.15) is 0 Å². The third-order valence-corrected chi connectivity index (χ3v) is 3.71. The van der Waals surface area contributed by atoms with Gasteiger partial charge < -0.3 is 19.6 Å². The molecule has 0 spiro atoms. The second-order valence-corrected chi connectivity index (χ2v) is 7.31. The summed E-state index contributed by atoms with van der Waals surface area (Å²) in [5.41, 5.74) is 0.881. The number of carbonyl (C=O) groups excluding carboxylic acids is 2. The van der Waals surface area contributed by atoms with E-state index < -0.39 is 23.7 Å². The van der Waals surface area contributed by atoms with E-state index in [1.165, 1.54) is 0 Å². The number of esters is 1. The van der Waals surface area contributed by atoms with Crippen LogP contribution in [0.5, 0.6) is 0 Å². The third kappa shape index (κ3) is 10.2. The van der Waals surface area contributed by atoms with Gasteiger partial charge in [0.15, 0.2) is 0 Å². The minimum absolute atomic E-state index is 0.150. The lowest BCUT2D eigenvalue weighted by Crippen LogP contribution is -2.44. The van der Waals surface area contributed by atoms with Crippen LogP contribution < -0.4 is 5.32 Å². The Balaban J connectivity index is 2.63. The average molecular weight is 413 g/mol. The third-order valence-electron chi connectivity index (χ3n) is 3.41. The molecule has 156 valence electrons. The summed E-state index contributed by atoms with van der Waals surface area (Å²) in [6.45, 7) is 7.46. The van der Waals surface area contributed by atoms with Crippen LogP contribution in [0.2, 0.25) is 0 Å². The van der Waals surface area contributed by atoms with Crippen LogP contribution in [-0.4, -0.2) is 41.9 Å². The molecule has 0 radical (unpaired) electrons. The SMILES string of the molecule is CCOC(=O)[C@H](CC/C(CCl)=N/OCc1ccccc1)NC(=O)OC(C)(C)C. The van der Waals surface area contributed by atoms with Crippen LogP contribution >= 0.6 is 11.6 Å². The minimum atomic E-state index is -0.864. The van der Waals surface area contributed by atoms with Crippen LogP contribution in [0.4, 0.5) is 4.79 Å². The molecule has 0 fully saturated rings. The number of rotatable bonds is 10. The van der Waals surface area contributed by atoms with E-state index in [4.69, 9.17) is 25.9 Å². The number of alkyl carbamates (subject to hydrolysis) is 1. The van der Waals surface area contributed by atoms with Crippen molar-refractivity contribution in [3.63, 3.8) is 0 Å². The fourth-order valence-corrected chi connectivity index (χ4v) is 2.34. The molecule has 1 atom stereocenters. The first-order valence-corrected chi connectivity index (χ1v) is 9.72. The van der Waals surface area contributed by atoms with Gasteiger partial charge in [-0.25, -0.2) is 9.59 Å². The van der Waals surface area contributed by atoms with Crippen LogP contribution in [0.3, 0.4) is 0 Å². The van der Waals surface area contributed by atoms with Crippen molar-refractivity contribution < 1.29 is 23.9 Å². The van der Waals surface area contributed by atoms with E-state index in [1.807, 2.05) is 30.3 Å². The monoisotopic (exact) mass is 412 g/mol. The summed E-state index contributed by atoms with van der Waals surface area (Å²) < 4.78 is 10.2. The lowest BCUT2D eigenvalue weighted by Gasteiger charge is -2.22. The Labute approximate surface area is 171 Å². The van der Waals surface area contributed by atoms with E-state index in [9.17, 15) is 9.59 Å². The van der Waals surface area contributed by atoms with Gasteiger partial charge in [-0.1, -0.05) is 35.5 Å². The molecule has 8 heteroatoms. The number of hydrogen-bond acceptors (Lipinski definition) is 6. The first kappa shape index (κ1) is 23.8. The molecule has 1 rings (SSSR count). The predicted octanol–water partition coefficient (Wildman–Crippen LogP) is 4.03. The van der Waals surface area contributed by atoms with E-state index in [-0.39, 0.29) is 18.9 Å². The first-order chi connectivity index (χ1) is 13.2. The lowest BCUT2D eigenvalue weighted by molar-refractivity contribution is -0.145. The summed E-state index contributed by atoms with van der Waals surface area (Å²) >= 11 is 5.93. The molecule has 0 bridgehead atoms. The van der Waals surface area contributed by atoms with E-state index in [1.54, 1.807) is 27.7 Å². The number of oxime groups is 1. The zero-order valence-corrected chi connectivity index (χ0v) is 17.6. The van der Waals surface area contributed by atoms with Gasteiger partial charge in [-0.15, -0.1) is 11.6 Å². The molecule has 28 heavy (non-hydrogen) atoms. The lowest BCUT2D eigenvalue weighted by atomic mass is 10.1. The van der Waals surface area contributed by atoms with Gasteiger partial charge in [0.2, 0.25) is 0 Å². The second-order valence-electron chi connectivity index (χ2n) is 7.04. The van der Waals surface area contributed by atoms with E-state index in [0.717, 1.165) is 5.56 Å². The Morgan fingerprint density at radius 1 is 1.21 bits per heavy atom. The maximum absolute atomic E-state index is 12.1. The fourth-order valence-electron chi connectivity index (χ4n) is 2.16. The van der Waals surface area contributed by atoms with Gasteiger partial charge in [0, 0.05) is 0 Å². The van der Waals surface area contributed by atoms with Crippen molar-refractivity contribution in [3.05, 3.63) is 35.9 Å². The molecule has 0 aliphatic rings. The second kappa shape index (κ2) is 12.2. The molecule has 0 saturated carbocycles. The molecule has 1 N–H and O–H groups in total. The van der Waals surface area contributed by atoms with Crippen molar-refractivity contribution >= 4 is 29.4 Å². The van der Waals surface area contributed by atoms with Crippen LogP contribution in [0.15, 0.2) is 35.5 Å². The molecule has 0 aliphatic heterocycles. The van der Waals surface area contributed by atoms with Crippen LogP contribution in [-0.2, 0) is 25.7 Å². The first-order valence-electron chi connectivity index (χ1n) is 9.19. The van der Waals surface area contributed by atoms with Gasteiger partial charge in [-0.3, -0.25) is 0 Å². The van der Waals surface area contributed by atoms with Gasteiger partial charge in [-0.05, 0) is 46.1 Å². The summed E-state index contributed by atoms with van der Waals surface area (Å²) in [5, 5.41) is 6.59. The highest BCUT2D eigenvalue weighted by Gasteiger charge is 2.25. The highest BCUT2D eigenvalue weighted by Crippen LogP contribution is 2.10. The van der Waals surface area contributed by atoms with Crippen molar-refractivity contribution in [3.8, 4) is 0 Å². The summed E-state index contributed by atoms with van der Waals surface area (Å²) in [5.74, 6) is -0.385. The minimum Gasteiger partial charge on any atom is -0.464 e. The van der Waals surface area contributed by atoms with Crippen LogP contribution in [0, 0.1) is 0 Å². The Hall–Kier alpha value is -2.28. The highest BCUT2D eigenvalue weighted by atomic mass is 35.5. The van der Waals surface area contributed by atoms with E-state index in [0.29, 0.717) is 18.7 Å². The van der Waals surface area contributed by atoms with E-state index in [2.05, 4.69) is 10.5 Å². The zero-order chi connectivity index (χ0) is 21.0. The number of halogens is 1. The van der Waals surface area contributed by atoms with Crippen LogP contribution in [0.25, 0.3) is 0 Å². The Morgan fingerprint density at radius 2 is 1.89 bits per heavy atom. The summed E-state index contributed by atoms with van der Waals surface area (Å²) in [4.78, 5) is 29.5. The summed E-state index contributed by atoms with van der Waals surface area (Å²) in [6.07, 6.45) is -0.0640. The fraction of sp³-hybridized carbons (Fsp3) is 0.550. The maximum atomic E-state index is 12.1. The van der Waals surface area contributed by atoms with Crippen molar-refractivity contribution in [2.75, 3.05) is 12.5 Å². The number of benzene rings is 1. The van der Waals surface area contributed by atoms with Crippen molar-refractivity contribution in [2.45, 2.75) is 58.8 Å². The Morgan fingerprint density at radius 3 is 2.46 bits per heavy atom. The van der Waals surface area contributed by atoms with Crippen molar-refractivity contribution in [1.82, 2.24) is 5.32 Å². The largest absolute Gasteiger partial charge is 0.464 e. The van der Waals surface area contributed by atoms with Crippen molar-refractivity contribution in [1.29, 1.82) is 0 Å². The standard InChI is InChI=1S/C20H29ClN2O5/c1-5-26-18(24)17(22-19(25)28-20(2,3)4)12-11-16(13-21)23-27-14-15-9-7-6-8-10-15/h6-10,17H,5,11-14H2,1-4H3,(H,22,25)/b23-16-/t17-/m0/s1. The molecule has 0 aliphatic carbocycles. The topological polar surface area (TPSA) is 86.2 Å². The smallest absolute Gasteiger partial charge is 0.408 e. The normalized spacial score (nSPS) is 12.8. The van der Waals surface area contributed by atoms with E-state index >= 15 is 0 Å². The number of hydrogen-bond donors (Lipinski definition) is 1. The van der Waals surface area contributed by atoms with Gasteiger partial charge in [0.25, 0.3) is 0 Å². The Kier molecular flexibility index (Phi) is 10.4. The molecule has 7 nitrogen and oxygen atoms in total. The summed E-state index contributed by atoms with van der Waals surface area (Å²) in [6, 6.07) is 8.74. The van der Waals surface area contributed by atoms with Gasteiger partial charge >= 0.3 is 12.1 Å². The molecule has 0 unspecified atom stereocenters. The van der Waals surface area contributed by atoms with Crippen LogP contribution in [0.1, 0.15) is 46.1 Å². The number of ether oxygens (including phenoxy) is 2. The average Bonchev–Trinajstić information content (AvgIpc) is 2.62. The predicted molar refractivity (Wildman–Crippen MR) is 108 cm³/mol. The number of nitrogens with one attached hydrogen (secondary N) is 1. The maximum Gasteiger partial charge on any atom is 0.408 e. The molecule has 1 aromatic carbocycles. The number of amides is 1. The zero-order valence-electron chi connectivity index (χ0n) is 16.9. The number of nitrogens with zero attached hydrogens (tertiary/aromatic N) is 1.